The molecule has 0 saturated carbocycles. The molecule has 110 valence electrons. The molecule has 1 unspecified atom stereocenters. The first-order valence-corrected chi connectivity index (χ1v) is 8.03. The molecule has 3 rings (SSSR count). The summed E-state index contributed by atoms with van der Waals surface area (Å²) in [7, 11) is 0. The van der Waals surface area contributed by atoms with Gasteiger partial charge >= 0.3 is 0 Å². The molecule has 21 heavy (non-hydrogen) atoms. The lowest BCUT2D eigenvalue weighted by Crippen LogP contribution is -2.13. The molecule has 4 nitrogen and oxygen atoms in total. The summed E-state index contributed by atoms with van der Waals surface area (Å²) in [5, 5.41) is 2.03. The van der Waals surface area contributed by atoms with E-state index in [1.165, 1.54) is 0 Å². The quantitative estimate of drug-likeness (QED) is 0.759. The summed E-state index contributed by atoms with van der Waals surface area (Å²) in [6, 6.07) is 7.96. The normalized spacial score (nSPS) is 12.7. The van der Waals surface area contributed by atoms with Gasteiger partial charge in [-0.25, -0.2) is 4.98 Å². The fourth-order valence-corrected chi connectivity index (χ4v) is 2.99. The molecule has 2 N–H and O–H groups in total. The lowest BCUT2D eigenvalue weighted by atomic mass is 10.0. The Morgan fingerprint density at radius 3 is 3.14 bits per heavy atom. The van der Waals surface area contributed by atoms with E-state index in [2.05, 4.69) is 11.9 Å². The van der Waals surface area contributed by atoms with Crippen molar-refractivity contribution in [1.82, 2.24) is 9.38 Å². The summed E-state index contributed by atoms with van der Waals surface area (Å²) < 4.78 is 7.69. The summed E-state index contributed by atoms with van der Waals surface area (Å²) in [5.41, 5.74) is 8.42. The largest absolute Gasteiger partial charge is 0.494 e. The number of ether oxygens (including phenoxy) is 1. The van der Waals surface area contributed by atoms with Crippen molar-refractivity contribution in [3.63, 3.8) is 0 Å². The van der Waals surface area contributed by atoms with Crippen LogP contribution in [0.5, 0.6) is 5.75 Å². The van der Waals surface area contributed by atoms with Gasteiger partial charge in [0.2, 0.25) is 0 Å². The molecule has 0 aliphatic heterocycles. The Balaban J connectivity index is 1.72. The first-order valence-electron chi connectivity index (χ1n) is 7.15. The maximum absolute atomic E-state index is 6.31. The fourth-order valence-electron chi connectivity index (χ4n) is 2.27. The van der Waals surface area contributed by atoms with Crippen molar-refractivity contribution in [3.8, 4) is 5.75 Å². The van der Waals surface area contributed by atoms with Gasteiger partial charge in [-0.1, -0.05) is 19.1 Å². The molecule has 0 spiro atoms. The molecule has 3 aromatic rings. The minimum atomic E-state index is -0.0696. The summed E-state index contributed by atoms with van der Waals surface area (Å²) in [5.74, 6) is 0.885. The maximum atomic E-state index is 6.31. The van der Waals surface area contributed by atoms with Crippen molar-refractivity contribution in [2.75, 3.05) is 6.61 Å². The van der Waals surface area contributed by atoms with Gasteiger partial charge < -0.3 is 10.5 Å². The number of aromatic nitrogens is 2. The van der Waals surface area contributed by atoms with Gasteiger partial charge in [0.25, 0.3) is 0 Å². The van der Waals surface area contributed by atoms with Gasteiger partial charge in [-0.2, -0.15) is 0 Å². The first-order chi connectivity index (χ1) is 10.3. The van der Waals surface area contributed by atoms with E-state index < -0.39 is 0 Å². The molecule has 0 amide bonds. The van der Waals surface area contributed by atoms with E-state index in [4.69, 9.17) is 10.5 Å². The van der Waals surface area contributed by atoms with Crippen LogP contribution in [0.4, 0.5) is 0 Å². The molecule has 0 saturated heterocycles. The van der Waals surface area contributed by atoms with Crippen LogP contribution in [0.1, 0.15) is 30.6 Å². The van der Waals surface area contributed by atoms with Crippen LogP contribution < -0.4 is 10.5 Å². The number of nitrogens with two attached hydrogens (primary N) is 1. The highest BCUT2D eigenvalue weighted by atomic mass is 32.1. The Bertz CT molecular complexity index is 690. The molecular weight excluding hydrogens is 282 g/mol. The molecule has 5 heteroatoms. The predicted molar refractivity (Wildman–Crippen MR) is 85.9 cm³/mol. The van der Waals surface area contributed by atoms with Gasteiger partial charge in [0, 0.05) is 30.2 Å². The highest BCUT2D eigenvalue weighted by Crippen LogP contribution is 2.21. The van der Waals surface area contributed by atoms with Crippen LogP contribution in [0.2, 0.25) is 0 Å². The van der Waals surface area contributed by atoms with E-state index in [1.807, 2.05) is 46.4 Å². The van der Waals surface area contributed by atoms with Crippen molar-refractivity contribution >= 4 is 16.3 Å². The maximum Gasteiger partial charge on any atom is 0.193 e. The Labute approximate surface area is 128 Å². The first kappa shape index (κ1) is 14.1. The van der Waals surface area contributed by atoms with Crippen LogP contribution in [-0.4, -0.2) is 16.0 Å². The summed E-state index contributed by atoms with van der Waals surface area (Å²) in [4.78, 5) is 5.59. The summed E-state index contributed by atoms with van der Waals surface area (Å²) >= 11 is 1.63. The second-order valence-corrected chi connectivity index (χ2v) is 5.93. The number of rotatable bonds is 6. The third-order valence-corrected chi connectivity index (χ3v) is 4.10. The average molecular weight is 301 g/mol. The zero-order chi connectivity index (χ0) is 14.7. The number of fused-ring (bicyclic) bond motifs is 1. The Morgan fingerprint density at radius 2 is 2.33 bits per heavy atom. The molecule has 2 aromatic heterocycles. The average Bonchev–Trinajstić information content (AvgIpc) is 3.06. The van der Waals surface area contributed by atoms with Crippen molar-refractivity contribution in [1.29, 1.82) is 0 Å². The number of hydrogen-bond acceptors (Lipinski definition) is 4. The Hall–Kier alpha value is -1.85. The van der Waals surface area contributed by atoms with Crippen LogP contribution in [-0.2, 0) is 6.42 Å². The van der Waals surface area contributed by atoms with E-state index in [9.17, 15) is 0 Å². The predicted octanol–water partition coefficient (Wildman–Crippen LogP) is 3.43. The highest BCUT2D eigenvalue weighted by Gasteiger charge is 2.11. The minimum absolute atomic E-state index is 0.0696. The molecule has 0 aliphatic rings. The Kier molecular flexibility index (Phi) is 4.22. The molecule has 0 bridgehead atoms. The molecule has 0 aliphatic carbocycles. The van der Waals surface area contributed by atoms with E-state index in [0.717, 1.165) is 41.4 Å². The van der Waals surface area contributed by atoms with Gasteiger partial charge in [0.05, 0.1) is 12.3 Å². The van der Waals surface area contributed by atoms with Crippen LogP contribution in [0.3, 0.4) is 0 Å². The van der Waals surface area contributed by atoms with Gasteiger partial charge in [-0.15, -0.1) is 11.3 Å². The number of hydrogen-bond donors (Lipinski definition) is 1. The molecule has 0 fully saturated rings. The number of nitrogens with zero attached hydrogens (tertiary/aromatic N) is 2. The van der Waals surface area contributed by atoms with Crippen LogP contribution >= 0.6 is 11.3 Å². The third kappa shape index (κ3) is 3.25. The monoisotopic (exact) mass is 301 g/mol. The lowest BCUT2D eigenvalue weighted by molar-refractivity contribution is 0.317. The van der Waals surface area contributed by atoms with Gasteiger partial charge in [0.15, 0.2) is 4.96 Å². The zero-order valence-electron chi connectivity index (χ0n) is 12.0. The SMILES string of the molecule is CCCOc1cccc(C(N)Cc2cn3ccsc3n2)c1. The van der Waals surface area contributed by atoms with E-state index in [0.29, 0.717) is 0 Å². The van der Waals surface area contributed by atoms with E-state index >= 15 is 0 Å². The highest BCUT2D eigenvalue weighted by molar-refractivity contribution is 7.15. The molecule has 0 radical (unpaired) electrons. The lowest BCUT2D eigenvalue weighted by Gasteiger charge is -2.12. The molecule has 2 heterocycles. The summed E-state index contributed by atoms with van der Waals surface area (Å²) in [6.45, 7) is 2.83. The number of thiazole rings is 1. The third-order valence-electron chi connectivity index (χ3n) is 3.33. The topological polar surface area (TPSA) is 52.5 Å². The summed E-state index contributed by atoms with van der Waals surface area (Å²) in [6.07, 6.45) is 5.79. The van der Waals surface area contributed by atoms with Gasteiger partial charge in [0.1, 0.15) is 5.75 Å². The number of imidazole rings is 1. The van der Waals surface area contributed by atoms with Crippen molar-refractivity contribution in [3.05, 3.63) is 53.3 Å². The van der Waals surface area contributed by atoms with Crippen LogP contribution in [0.25, 0.3) is 4.96 Å². The smallest absolute Gasteiger partial charge is 0.193 e. The molecule has 1 atom stereocenters. The van der Waals surface area contributed by atoms with Crippen LogP contribution in [0, 0.1) is 0 Å². The van der Waals surface area contributed by atoms with Crippen molar-refractivity contribution in [2.24, 2.45) is 5.73 Å². The van der Waals surface area contributed by atoms with Gasteiger partial charge in [-0.05, 0) is 24.1 Å². The van der Waals surface area contributed by atoms with Crippen molar-refractivity contribution in [2.45, 2.75) is 25.8 Å². The molecular formula is C16H19N3OS. The van der Waals surface area contributed by atoms with Crippen molar-refractivity contribution < 1.29 is 4.74 Å². The minimum Gasteiger partial charge on any atom is -0.494 e. The zero-order valence-corrected chi connectivity index (χ0v) is 12.8. The second-order valence-electron chi connectivity index (χ2n) is 5.06. The fraction of sp³-hybridized carbons (Fsp3) is 0.312. The number of benzene rings is 1. The van der Waals surface area contributed by atoms with E-state index in [-0.39, 0.29) is 6.04 Å². The van der Waals surface area contributed by atoms with E-state index in [1.54, 1.807) is 11.3 Å². The van der Waals surface area contributed by atoms with Gasteiger partial charge in [-0.3, -0.25) is 4.40 Å². The molecule has 1 aromatic carbocycles. The van der Waals surface area contributed by atoms with Crippen LogP contribution in [0.15, 0.2) is 42.0 Å². The Morgan fingerprint density at radius 1 is 1.43 bits per heavy atom. The second kappa shape index (κ2) is 6.28. The standard InChI is InChI=1S/C16H19N3OS/c1-2-7-20-14-5-3-4-12(9-14)15(17)10-13-11-19-6-8-21-16(19)18-13/h3-6,8-9,11,15H,2,7,10,17H2,1H3.